The van der Waals surface area contributed by atoms with Gasteiger partial charge in [-0.15, -0.1) is 0 Å². The number of aromatic nitrogens is 1. The summed E-state index contributed by atoms with van der Waals surface area (Å²) in [4.78, 5) is 3.56. The topological polar surface area (TPSA) is 50.9 Å². The lowest BCUT2D eigenvalue weighted by molar-refractivity contribution is -0.141. The Kier molecular flexibility index (Phi) is 4.13. The van der Waals surface area contributed by atoms with E-state index < -0.39 is 11.9 Å². The molecule has 2 rings (SSSR count). The lowest BCUT2D eigenvalue weighted by Crippen LogP contribution is -2.16. The molecule has 0 bridgehead atoms. The average Bonchev–Trinajstić information content (AvgIpc) is 2.37. The van der Waals surface area contributed by atoms with Crippen LogP contribution < -0.4 is 11.1 Å². The first-order valence-corrected chi connectivity index (χ1v) is 6.40. The van der Waals surface area contributed by atoms with Crippen molar-refractivity contribution in [2.45, 2.75) is 13.1 Å². The Hall–Kier alpha value is -2.15. The smallest absolute Gasteiger partial charge is 0.389 e. The predicted octanol–water partition coefficient (Wildman–Crippen LogP) is 3.79. The van der Waals surface area contributed by atoms with Crippen LogP contribution in [0, 0.1) is 6.92 Å². The highest BCUT2D eigenvalue weighted by atomic mass is 32.1. The van der Waals surface area contributed by atoms with Crippen molar-refractivity contribution in [3.05, 3.63) is 53.2 Å². The zero-order valence-electron chi connectivity index (χ0n) is 11.0. The van der Waals surface area contributed by atoms with Crippen LogP contribution in [0.5, 0.6) is 0 Å². The number of rotatable bonds is 3. The zero-order chi connectivity index (χ0) is 15.6. The Morgan fingerprint density at radius 2 is 1.95 bits per heavy atom. The molecule has 1 aromatic heterocycles. The van der Waals surface area contributed by atoms with Gasteiger partial charge in [-0.3, -0.25) is 0 Å². The second kappa shape index (κ2) is 5.69. The van der Waals surface area contributed by atoms with Gasteiger partial charge in [0.1, 0.15) is 16.5 Å². The summed E-state index contributed by atoms with van der Waals surface area (Å²) >= 11 is 4.84. The van der Waals surface area contributed by atoms with Crippen molar-refractivity contribution in [1.82, 2.24) is 4.98 Å². The van der Waals surface area contributed by atoms with Crippen LogP contribution in [0.1, 0.15) is 16.8 Å². The number of nitrogens with one attached hydrogen (secondary N) is 1. The van der Waals surface area contributed by atoms with Crippen LogP contribution in [0.2, 0.25) is 0 Å². The Bertz CT molecular complexity index is 683. The summed E-state index contributed by atoms with van der Waals surface area (Å²) < 4.78 is 38.2. The Morgan fingerprint density at radius 3 is 2.52 bits per heavy atom. The molecule has 3 N–H and O–H groups in total. The molecule has 1 heterocycles. The highest BCUT2D eigenvalue weighted by molar-refractivity contribution is 7.80. The third-order valence-electron chi connectivity index (χ3n) is 2.73. The molecule has 3 nitrogen and oxygen atoms in total. The minimum atomic E-state index is -4.53. The zero-order valence-corrected chi connectivity index (χ0v) is 11.8. The van der Waals surface area contributed by atoms with Gasteiger partial charge in [-0.2, -0.15) is 13.2 Å². The van der Waals surface area contributed by atoms with Gasteiger partial charge < -0.3 is 11.1 Å². The molecule has 21 heavy (non-hydrogen) atoms. The molecule has 7 heteroatoms. The number of benzene rings is 1. The van der Waals surface area contributed by atoms with E-state index in [9.17, 15) is 13.2 Å². The first-order valence-electron chi connectivity index (χ1n) is 5.99. The Morgan fingerprint density at radius 1 is 1.24 bits per heavy atom. The monoisotopic (exact) mass is 311 g/mol. The number of thiocarbonyl (C=S) groups is 1. The van der Waals surface area contributed by atoms with Crippen molar-refractivity contribution in [1.29, 1.82) is 0 Å². The number of nitrogens with zero attached hydrogens (tertiary/aromatic N) is 1. The van der Waals surface area contributed by atoms with Crippen LogP contribution >= 0.6 is 12.2 Å². The van der Waals surface area contributed by atoms with E-state index in [4.69, 9.17) is 18.0 Å². The Labute approximate surface area is 125 Å². The number of hydrogen-bond acceptors (Lipinski definition) is 3. The van der Waals surface area contributed by atoms with Crippen molar-refractivity contribution >= 4 is 28.7 Å². The summed E-state index contributed by atoms with van der Waals surface area (Å²) in [6.07, 6.45) is -4.53. The minimum Gasteiger partial charge on any atom is -0.389 e. The molecule has 0 atom stereocenters. The van der Waals surface area contributed by atoms with E-state index in [0.717, 1.165) is 11.6 Å². The van der Waals surface area contributed by atoms with E-state index >= 15 is 0 Å². The normalized spacial score (nSPS) is 11.2. The SMILES string of the molecule is Cc1cccc(Nc2nc(C(F)(F)F)ccc2C(N)=S)c1. The van der Waals surface area contributed by atoms with Crippen LogP contribution in [0.15, 0.2) is 36.4 Å². The minimum absolute atomic E-state index is 0.0112. The number of halogens is 3. The fraction of sp³-hybridized carbons (Fsp3) is 0.143. The van der Waals surface area contributed by atoms with Crippen LogP contribution in [0.25, 0.3) is 0 Å². The fourth-order valence-corrected chi connectivity index (χ4v) is 1.94. The molecule has 0 aliphatic carbocycles. The van der Waals surface area contributed by atoms with E-state index in [-0.39, 0.29) is 16.4 Å². The molecule has 110 valence electrons. The molecule has 0 radical (unpaired) electrons. The number of nitrogens with two attached hydrogens (primary N) is 1. The quantitative estimate of drug-likeness (QED) is 0.847. The number of aryl methyl sites for hydroxylation is 1. The first-order chi connectivity index (χ1) is 9.77. The summed E-state index contributed by atoms with van der Waals surface area (Å²) in [5, 5.41) is 2.83. The van der Waals surface area contributed by atoms with Gasteiger partial charge >= 0.3 is 6.18 Å². The third-order valence-corrected chi connectivity index (χ3v) is 2.95. The van der Waals surface area contributed by atoms with Gasteiger partial charge in [0.25, 0.3) is 0 Å². The van der Waals surface area contributed by atoms with Crippen molar-refractivity contribution < 1.29 is 13.2 Å². The molecular formula is C14H12F3N3S. The molecule has 0 aliphatic heterocycles. The molecular weight excluding hydrogens is 299 g/mol. The highest BCUT2D eigenvalue weighted by Gasteiger charge is 2.33. The number of anilines is 2. The molecule has 0 amide bonds. The summed E-state index contributed by atoms with van der Waals surface area (Å²) in [7, 11) is 0. The first kappa shape index (κ1) is 15.2. The molecule has 0 saturated carbocycles. The predicted molar refractivity (Wildman–Crippen MR) is 79.6 cm³/mol. The largest absolute Gasteiger partial charge is 0.433 e. The summed E-state index contributed by atoms with van der Waals surface area (Å²) in [5.74, 6) is -0.0112. The number of alkyl halides is 3. The molecule has 0 saturated heterocycles. The fourth-order valence-electron chi connectivity index (χ4n) is 1.77. The maximum absolute atomic E-state index is 12.7. The maximum Gasteiger partial charge on any atom is 0.433 e. The second-order valence-corrected chi connectivity index (χ2v) is 4.89. The van der Waals surface area contributed by atoms with Crippen molar-refractivity contribution in [2.24, 2.45) is 5.73 Å². The van der Waals surface area contributed by atoms with Gasteiger partial charge in [0.15, 0.2) is 0 Å². The summed E-state index contributed by atoms with van der Waals surface area (Å²) in [5.41, 5.74) is 6.36. The van der Waals surface area contributed by atoms with E-state index in [2.05, 4.69) is 10.3 Å². The lowest BCUT2D eigenvalue weighted by Gasteiger charge is -2.13. The number of hydrogen-bond donors (Lipinski definition) is 2. The van der Waals surface area contributed by atoms with Crippen molar-refractivity contribution in [2.75, 3.05) is 5.32 Å². The average molecular weight is 311 g/mol. The number of pyridine rings is 1. The third kappa shape index (κ3) is 3.69. The van der Waals surface area contributed by atoms with Crippen LogP contribution in [-0.2, 0) is 6.18 Å². The van der Waals surface area contributed by atoms with Gasteiger partial charge in [-0.05, 0) is 36.8 Å². The van der Waals surface area contributed by atoms with Gasteiger partial charge in [0, 0.05) is 5.69 Å². The molecule has 1 aromatic carbocycles. The maximum atomic E-state index is 12.7. The van der Waals surface area contributed by atoms with Gasteiger partial charge in [-0.25, -0.2) is 4.98 Å². The molecule has 0 spiro atoms. The molecule has 2 aromatic rings. The second-order valence-electron chi connectivity index (χ2n) is 4.45. The van der Waals surface area contributed by atoms with Crippen LogP contribution in [0.3, 0.4) is 0 Å². The van der Waals surface area contributed by atoms with E-state index in [1.165, 1.54) is 6.07 Å². The van der Waals surface area contributed by atoms with Crippen LogP contribution in [-0.4, -0.2) is 9.97 Å². The Balaban J connectivity index is 2.46. The van der Waals surface area contributed by atoms with Gasteiger partial charge in [0.2, 0.25) is 0 Å². The van der Waals surface area contributed by atoms with E-state index in [0.29, 0.717) is 5.69 Å². The van der Waals surface area contributed by atoms with E-state index in [1.807, 2.05) is 13.0 Å². The van der Waals surface area contributed by atoms with E-state index in [1.54, 1.807) is 18.2 Å². The van der Waals surface area contributed by atoms with Gasteiger partial charge in [0.05, 0.1) is 5.56 Å². The van der Waals surface area contributed by atoms with Gasteiger partial charge in [-0.1, -0.05) is 24.4 Å². The summed E-state index contributed by atoms with van der Waals surface area (Å²) in [6, 6.07) is 9.24. The van der Waals surface area contributed by atoms with Crippen LogP contribution in [0.4, 0.5) is 24.7 Å². The molecule has 0 fully saturated rings. The van der Waals surface area contributed by atoms with Crippen molar-refractivity contribution in [3.8, 4) is 0 Å². The molecule has 0 unspecified atom stereocenters. The van der Waals surface area contributed by atoms with Crippen molar-refractivity contribution in [3.63, 3.8) is 0 Å². The highest BCUT2D eigenvalue weighted by Crippen LogP contribution is 2.30. The lowest BCUT2D eigenvalue weighted by atomic mass is 10.2. The standard InChI is InChI=1S/C14H12F3N3S/c1-8-3-2-4-9(7-8)19-13-10(12(18)21)5-6-11(20-13)14(15,16)17/h2-7H,1H3,(H2,18,21)(H,19,20). The summed E-state index contributed by atoms with van der Waals surface area (Å²) in [6.45, 7) is 1.87. The molecule has 0 aliphatic rings.